The van der Waals surface area contributed by atoms with Crippen molar-refractivity contribution in [3.63, 3.8) is 0 Å². The predicted molar refractivity (Wildman–Crippen MR) is 120 cm³/mol. The van der Waals surface area contributed by atoms with Crippen molar-refractivity contribution in [3.8, 4) is 17.3 Å². The van der Waals surface area contributed by atoms with Gasteiger partial charge in [0.05, 0.1) is 19.2 Å². The number of benzene rings is 2. The van der Waals surface area contributed by atoms with Crippen LogP contribution in [0.5, 0.6) is 11.6 Å². The lowest BCUT2D eigenvalue weighted by Crippen LogP contribution is -2.31. The Bertz CT molecular complexity index is 1250. The SMILES string of the molecule is COc1ccc(-n2c(O)c(C=NC[C@H](CC(=O)O)c3ccc(Cl)cc3)c(=O)[nH]c2=O)cc1. The molecular weight excluding hydrogens is 438 g/mol. The third-order valence-electron chi connectivity index (χ3n) is 4.76. The Morgan fingerprint density at radius 2 is 1.84 bits per heavy atom. The molecule has 9 nitrogen and oxygen atoms in total. The first-order valence-corrected chi connectivity index (χ1v) is 9.87. The molecule has 166 valence electrons. The van der Waals surface area contributed by atoms with Crippen molar-refractivity contribution in [2.75, 3.05) is 13.7 Å². The van der Waals surface area contributed by atoms with Gasteiger partial charge in [-0.2, -0.15) is 0 Å². The van der Waals surface area contributed by atoms with Crippen LogP contribution in [-0.2, 0) is 4.79 Å². The second-order valence-electron chi connectivity index (χ2n) is 6.87. The van der Waals surface area contributed by atoms with E-state index in [2.05, 4.69) is 9.98 Å². The first-order valence-electron chi connectivity index (χ1n) is 9.50. The molecule has 0 unspecified atom stereocenters. The lowest BCUT2D eigenvalue weighted by atomic mass is 9.96. The lowest BCUT2D eigenvalue weighted by molar-refractivity contribution is -0.137. The number of nitrogens with one attached hydrogen (secondary N) is 1. The van der Waals surface area contributed by atoms with Crippen LogP contribution in [0.15, 0.2) is 63.1 Å². The quantitative estimate of drug-likeness (QED) is 0.445. The number of nitrogens with zero attached hydrogens (tertiary/aromatic N) is 2. The van der Waals surface area contributed by atoms with Gasteiger partial charge in [0, 0.05) is 23.7 Å². The number of carboxylic acids is 1. The van der Waals surface area contributed by atoms with E-state index >= 15 is 0 Å². The maximum absolute atomic E-state index is 12.3. The number of hydrogen-bond donors (Lipinski definition) is 3. The summed E-state index contributed by atoms with van der Waals surface area (Å²) in [6.07, 6.45) is 0.936. The van der Waals surface area contributed by atoms with Crippen LogP contribution in [0.1, 0.15) is 23.5 Å². The number of rotatable bonds is 8. The summed E-state index contributed by atoms with van der Waals surface area (Å²) in [5.74, 6) is -1.52. The molecule has 32 heavy (non-hydrogen) atoms. The summed E-state index contributed by atoms with van der Waals surface area (Å²) in [4.78, 5) is 42.1. The molecule has 1 heterocycles. The topological polar surface area (TPSA) is 134 Å². The van der Waals surface area contributed by atoms with Gasteiger partial charge in [-0.25, -0.2) is 9.36 Å². The normalized spacial score (nSPS) is 12.1. The largest absolute Gasteiger partial charge is 0.497 e. The number of H-pyrrole nitrogens is 1. The first kappa shape index (κ1) is 22.8. The number of aromatic hydroxyl groups is 1. The highest BCUT2D eigenvalue weighted by Gasteiger charge is 2.17. The Labute approximate surface area is 187 Å². The van der Waals surface area contributed by atoms with Crippen LogP contribution in [0, 0.1) is 0 Å². The van der Waals surface area contributed by atoms with Crippen LogP contribution in [0.25, 0.3) is 5.69 Å². The van der Waals surface area contributed by atoms with Gasteiger partial charge in [-0.1, -0.05) is 23.7 Å². The molecule has 3 rings (SSSR count). The van der Waals surface area contributed by atoms with Crippen molar-refractivity contribution in [1.29, 1.82) is 0 Å². The average Bonchev–Trinajstić information content (AvgIpc) is 2.76. The first-order chi connectivity index (χ1) is 15.3. The molecule has 2 aromatic carbocycles. The van der Waals surface area contributed by atoms with Gasteiger partial charge in [-0.15, -0.1) is 0 Å². The number of carbonyl (C=O) groups is 1. The molecule has 0 bridgehead atoms. The summed E-state index contributed by atoms with van der Waals surface area (Å²) < 4.78 is 6.00. The minimum atomic E-state index is -1.01. The van der Waals surface area contributed by atoms with Gasteiger partial charge in [0.25, 0.3) is 5.56 Å². The van der Waals surface area contributed by atoms with Gasteiger partial charge >= 0.3 is 11.7 Å². The zero-order valence-corrected chi connectivity index (χ0v) is 17.7. The number of carboxylic acid groups (broad SMARTS) is 1. The van der Waals surface area contributed by atoms with E-state index in [1.807, 2.05) is 0 Å². The van der Waals surface area contributed by atoms with E-state index in [0.29, 0.717) is 16.5 Å². The zero-order chi connectivity index (χ0) is 23.3. The summed E-state index contributed by atoms with van der Waals surface area (Å²) >= 11 is 5.89. The molecule has 0 saturated carbocycles. The molecule has 0 aliphatic heterocycles. The second-order valence-corrected chi connectivity index (χ2v) is 7.31. The number of aromatic nitrogens is 2. The molecule has 0 fully saturated rings. The van der Waals surface area contributed by atoms with Crippen LogP contribution < -0.4 is 16.0 Å². The molecule has 0 amide bonds. The highest BCUT2D eigenvalue weighted by molar-refractivity contribution is 6.30. The summed E-state index contributed by atoms with van der Waals surface area (Å²) in [7, 11) is 1.49. The van der Waals surface area contributed by atoms with Gasteiger partial charge < -0.3 is 14.9 Å². The Kier molecular flexibility index (Phi) is 7.11. The van der Waals surface area contributed by atoms with Gasteiger partial charge in [0.15, 0.2) is 0 Å². The molecule has 0 aliphatic carbocycles. The Balaban J connectivity index is 1.93. The van der Waals surface area contributed by atoms with E-state index in [4.69, 9.17) is 16.3 Å². The Morgan fingerprint density at radius 1 is 1.19 bits per heavy atom. The number of aromatic amines is 1. The van der Waals surface area contributed by atoms with Crippen molar-refractivity contribution < 1.29 is 19.7 Å². The van der Waals surface area contributed by atoms with Crippen molar-refractivity contribution in [1.82, 2.24) is 9.55 Å². The van der Waals surface area contributed by atoms with Gasteiger partial charge in [0.1, 0.15) is 11.3 Å². The van der Waals surface area contributed by atoms with E-state index in [1.54, 1.807) is 48.5 Å². The molecule has 1 atom stereocenters. The number of methoxy groups -OCH3 is 1. The molecule has 0 spiro atoms. The van der Waals surface area contributed by atoms with E-state index < -0.39 is 29.0 Å². The van der Waals surface area contributed by atoms with Gasteiger partial charge in [-0.3, -0.25) is 19.6 Å². The minimum absolute atomic E-state index is 0.0362. The van der Waals surface area contributed by atoms with E-state index in [0.717, 1.165) is 16.3 Å². The Morgan fingerprint density at radius 3 is 2.44 bits per heavy atom. The fourth-order valence-electron chi connectivity index (χ4n) is 3.13. The second kappa shape index (κ2) is 9.97. The maximum atomic E-state index is 12.3. The molecular formula is C22H20ClN3O6. The maximum Gasteiger partial charge on any atom is 0.335 e. The average molecular weight is 458 g/mol. The number of aliphatic imine (C=N–C) groups is 1. The van der Waals surface area contributed by atoms with Crippen LogP contribution in [0.3, 0.4) is 0 Å². The fourth-order valence-corrected chi connectivity index (χ4v) is 3.26. The fraction of sp³-hybridized carbons (Fsp3) is 0.182. The smallest absolute Gasteiger partial charge is 0.335 e. The number of hydrogen-bond acceptors (Lipinski definition) is 6. The number of halogens is 1. The predicted octanol–water partition coefficient (Wildman–Crippen LogP) is 2.57. The van der Waals surface area contributed by atoms with Gasteiger partial charge in [-0.05, 0) is 42.0 Å². The van der Waals surface area contributed by atoms with Crippen LogP contribution in [-0.4, -0.2) is 45.6 Å². The Hall–Kier alpha value is -3.85. The highest BCUT2D eigenvalue weighted by atomic mass is 35.5. The van der Waals surface area contributed by atoms with Crippen molar-refractivity contribution in [2.24, 2.45) is 4.99 Å². The summed E-state index contributed by atoms with van der Waals surface area (Å²) in [6, 6.07) is 13.0. The lowest BCUT2D eigenvalue weighted by Gasteiger charge is -2.13. The van der Waals surface area contributed by atoms with Crippen LogP contribution in [0.4, 0.5) is 0 Å². The summed E-state index contributed by atoms with van der Waals surface area (Å²) in [6.45, 7) is 0.0362. The molecule has 0 radical (unpaired) electrons. The standard InChI is InChI=1S/C22H20ClN3O6/c1-32-17-8-6-16(7-9-17)26-21(30)18(20(29)25-22(26)31)12-24-11-14(10-19(27)28)13-2-4-15(23)5-3-13/h2-9,12,14,30H,10-11H2,1H3,(H,27,28)(H,25,29,31)/t14-/m0/s1. The molecule has 0 aliphatic rings. The molecule has 3 N–H and O–H groups in total. The van der Waals surface area contributed by atoms with E-state index in [9.17, 15) is 24.6 Å². The number of ether oxygens (including phenoxy) is 1. The highest BCUT2D eigenvalue weighted by Crippen LogP contribution is 2.23. The van der Waals surface area contributed by atoms with Gasteiger partial charge in [0.2, 0.25) is 5.88 Å². The van der Waals surface area contributed by atoms with E-state index in [-0.39, 0.29) is 18.5 Å². The summed E-state index contributed by atoms with van der Waals surface area (Å²) in [5.41, 5.74) is -0.841. The summed E-state index contributed by atoms with van der Waals surface area (Å²) in [5, 5.41) is 20.3. The van der Waals surface area contributed by atoms with Crippen molar-refractivity contribution in [3.05, 3.63) is 85.5 Å². The molecule has 10 heteroatoms. The van der Waals surface area contributed by atoms with Crippen molar-refractivity contribution >= 4 is 23.8 Å². The van der Waals surface area contributed by atoms with Crippen LogP contribution in [0.2, 0.25) is 5.02 Å². The third-order valence-corrected chi connectivity index (χ3v) is 5.01. The zero-order valence-electron chi connectivity index (χ0n) is 17.0. The number of aliphatic carboxylic acids is 1. The van der Waals surface area contributed by atoms with Crippen molar-refractivity contribution in [2.45, 2.75) is 12.3 Å². The molecule has 0 saturated heterocycles. The van der Waals surface area contributed by atoms with E-state index in [1.165, 1.54) is 7.11 Å². The minimum Gasteiger partial charge on any atom is -0.497 e. The monoisotopic (exact) mass is 457 g/mol. The molecule has 1 aromatic heterocycles. The third kappa shape index (κ3) is 5.25. The molecule has 3 aromatic rings. The van der Waals surface area contributed by atoms with Crippen LogP contribution >= 0.6 is 11.6 Å².